The molecule has 2 heterocycles. The molecule has 2 fully saturated rings. The lowest BCUT2D eigenvalue weighted by Crippen LogP contribution is -2.62. The van der Waals surface area contributed by atoms with Gasteiger partial charge < -0.3 is 10.2 Å². The maximum atomic E-state index is 13.4. The average molecular weight is 476 g/mol. The van der Waals surface area contributed by atoms with Gasteiger partial charge in [0.25, 0.3) is 0 Å². The van der Waals surface area contributed by atoms with Crippen LogP contribution in [-0.2, 0) is 23.9 Å². The van der Waals surface area contributed by atoms with Crippen molar-refractivity contribution >= 4 is 11.6 Å². The van der Waals surface area contributed by atoms with Gasteiger partial charge in [-0.2, -0.15) is 13.2 Å². The molecule has 0 unspecified atom stereocenters. The monoisotopic (exact) mass is 475 g/mol. The van der Waals surface area contributed by atoms with Crippen molar-refractivity contribution in [2.45, 2.75) is 56.9 Å². The molecule has 1 saturated carbocycles. The smallest absolute Gasteiger partial charge is 0.365 e. The number of piperazine rings is 1. The van der Waals surface area contributed by atoms with E-state index in [9.17, 15) is 22.4 Å². The molecule has 0 radical (unpaired) electrons. The molecular formula is C26H29F4N3O. The first-order chi connectivity index (χ1) is 16.3. The second kappa shape index (κ2) is 9.21. The van der Waals surface area contributed by atoms with E-state index in [0.29, 0.717) is 18.2 Å². The predicted octanol–water partition coefficient (Wildman–Crippen LogP) is 4.77. The van der Waals surface area contributed by atoms with Crippen LogP contribution in [0.3, 0.4) is 0 Å². The molecule has 2 aromatic carbocycles. The van der Waals surface area contributed by atoms with E-state index in [0.717, 1.165) is 30.4 Å². The van der Waals surface area contributed by atoms with Crippen molar-refractivity contribution in [1.29, 1.82) is 0 Å². The lowest BCUT2D eigenvalue weighted by Gasteiger charge is -2.50. The number of alkyl halides is 3. The fourth-order valence-electron chi connectivity index (χ4n) is 5.85. The number of halogens is 4. The van der Waals surface area contributed by atoms with Gasteiger partial charge in [-0.3, -0.25) is 9.69 Å². The number of benzene rings is 2. The Morgan fingerprint density at radius 2 is 1.76 bits per heavy atom. The maximum Gasteiger partial charge on any atom is 0.416 e. The topological polar surface area (TPSA) is 35.6 Å². The summed E-state index contributed by atoms with van der Waals surface area (Å²) in [5.74, 6) is -0.972. The Balaban J connectivity index is 1.40. The van der Waals surface area contributed by atoms with Crippen LogP contribution < -0.4 is 10.2 Å². The number of carbonyl (C=O) groups excluding carboxylic acids is 1. The quantitative estimate of drug-likeness (QED) is 0.648. The van der Waals surface area contributed by atoms with Crippen LogP contribution in [0.15, 0.2) is 42.5 Å². The summed E-state index contributed by atoms with van der Waals surface area (Å²) in [7, 11) is 0. The van der Waals surface area contributed by atoms with Crippen LogP contribution >= 0.6 is 0 Å². The van der Waals surface area contributed by atoms with Crippen molar-refractivity contribution < 1.29 is 22.4 Å². The molecule has 8 heteroatoms. The van der Waals surface area contributed by atoms with Gasteiger partial charge in [0.05, 0.1) is 17.5 Å². The minimum Gasteiger partial charge on any atom is -0.365 e. The van der Waals surface area contributed by atoms with E-state index in [1.54, 1.807) is 18.2 Å². The zero-order valence-electron chi connectivity index (χ0n) is 19.0. The number of nitrogens with zero attached hydrogens (tertiary/aromatic N) is 2. The van der Waals surface area contributed by atoms with Crippen LogP contribution in [0.25, 0.3) is 0 Å². The zero-order valence-corrected chi connectivity index (χ0v) is 19.0. The molecule has 4 nitrogen and oxygen atoms in total. The third-order valence-corrected chi connectivity index (χ3v) is 7.63. The number of fused-ring (bicyclic) bond motifs is 3. The first-order valence-corrected chi connectivity index (χ1v) is 12.0. The first kappa shape index (κ1) is 23.1. The maximum absolute atomic E-state index is 13.4. The molecule has 1 amide bonds. The van der Waals surface area contributed by atoms with Gasteiger partial charge in [0.1, 0.15) is 5.82 Å². The third-order valence-electron chi connectivity index (χ3n) is 7.63. The fraction of sp³-hybridized carbons (Fsp3) is 0.500. The molecule has 0 aromatic heterocycles. The average Bonchev–Trinajstić information content (AvgIpc) is 3.37. The van der Waals surface area contributed by atoms with Gasteiger partial charge in [-0.25, -0.2) is 4.39 Å². The molecule has 0 spiro atoms. The highest BCUT2D eigenvalue weighted by atomic mass is 19.4. The van der Waals surface area contributed by atoms with E-state index in [1.807, 2.05) is 0 Å². The molecule has 3 aliphatic rings. The van der Waals surface area contributed by atoms with Crippen molar-refractivity contribution in [3.05, 3.63) is 65.0 Å². The van der Waals surface area contributed by atoms with Crippen LogP contribution in [0.4, 0.5) is 23.2 Å². The van der Waals surface area contributed by atoms with E-state index in [4.69, 9.17) is 0 Å². The molecule has 1 aliphatic carbocycles. The van der Waals surface area contributed by atoms with Crippen LogP contribution in [0, 0.1) is 11.7 Å². The van der Waals surface area contributed by atoms with E-state index in [1.165, 1.54) is 43.9 Å². The van der Waals surface area contributed by atoms with E-state index >= 15 is 0 Å². The molecule has 2 aromatic rings. The van der Waals surface area contributed by atoms with Crippen molar-refractivity contribution in [2.75, 3.05) is 24.5 Å². The molecule has 5 rings (SSSR count). The van der Waals surface area contributed by atoms with Crippen molar-refractivity contribution in [2.24, 2.45) is 5.92 Å². The summed E-state index contributed by atoms with van der Waals surface area (Å²) >= 11 is 0. The van der Waals surface area contributed by atoms with Crippen LogP contribution in [-0.4, -0.2) is 42.5 Å². The number of hydrogen-bond donors (Lipinski definition) is 1. The van der Waals surface area contributed by atoms with Crippen molar-refractivity contribution in [3.8, 4) is 0 Å². The van der Waals surface area contributed by atoms with Gasteiger partial charge in [0.2, 0.25) is 5.91 Å². The molecule has 182 valence electrons. The van der Waals surface area contributed by atoms with E-state index < -0.39 is 17.7 Å². The number of anilines is 1. The lowest BCUT2D eigenvalue weighted by atomic mass is 9.82. The predicted molar refractivity (Wildman–Crippen MR) is 122 cm³/mol. The van der Waals surface area contributed by atoms with Crippen LogP contribution in [0.2, 0.25) is 0 Å². The van der Waals surface area contributed by atoms with Crippen LogP contribution in [0.1, 0.15) is 42.4 Å². The SMILES string of the molecule is O=C(NCc1ccc(F)cc1)[C@@H]1Cc2cc(C(F)(F)F)ccc2N2CCN(C3CCCC3)C[C@H]12. The number of nitrogens with one attached hydrogen (secondary N) is 1. The molecule has 1 saturated heterocycles. The zero-order chi connectivity index (χ0) is 23.9. The fourth-order valence-corrected chi connectivity index (χ4v) is 5.85. The first-order valence-electron chi connectivity index (χ1n) is 12.0. The molecule has 2 aliphatic heterocycles. The second-order valence-corrected chi connectivity index (χ2v) is 9.69. The summed E-state index contributed by atoms with van der Waals surface area (Å²) in [6, 6.07) is 10.3. The van der Waals surface area contributed by atoms with E-state index in [-0.39, 0.29) is 30.7 Å². The molecule has 2 atom stereocenters. The van der Waals surface area contributed by atoms with Gasteiger partial charge in [-0.1, -0.05) is 25.0 Å². The Bertz CT molecular complexity index is 1030. The van der Waals surface area contributed by atoms with Gasteiger partial charge in [-0.05, 0) is 60.7 Å². The third kappa shape index (κ3) is 4.65. The minimum absolute atomic E-state index is 0.0909. The van der Waals surface area contributed by atoms with Gasteiger partial charge >= 0.3 is 6.18 Å². The lowest BCUT2D eigenvalue weighted by molar-refractivity contribution is -0.137. The number of rotatable bonds is 4. The number of carbonyl (C=O) groups is 1. The van der Waals surface area contributed by atoms with Crippen molar-refractivity contribution in [1.82, 2.24) is 10.2 Å². The highest BCUT2D eigenvalue weighted by Gasteiger charge is 2.43. The number of hydrogen-bond acceptors (Lipinski definition) is 3. The summed E-state index contributed by atoms with van der Waals surface area (Å²) in [4.78, 5) is 18.0. The van der Waals surface area contributed by atoms with Crippen LogP contribution in [0.5, 0.6) is 0 Å². The Kier molecular flexibility index (Phi) is 6.27. The Hall–Kier alpha value is -2.61. The molecule has 0 bridgehead atoms. The standard InChI is InChI=1S/C26H29F4N3O/c27-20-8-5-17(6-9-20)15-31-25(34)22-14-18-13-19(26(28,29)30)7-10-23(18)33-12-11-32(16-24(22)33)21-3-1-2-4-21/h5-10,13,21-22,24H,1-4,11-12,14-16H2,(H,31,34)/t22-,24-/m1/s1. The molecule has 1 N–H and O–H groups in total. The van der Waals surface area contributed by atoms with Gasteiger partial charge in [0, 0.05) is 37.9 Å². The normalized spacial score (nSPS) is 23.5. The largest absolute Gasteiger partial charge is 0.416 e. The second-order valence-electron chi connectivity index (χ2n) is 9.69. The summed E-state index contributed by atoms with van der Waals surface area (Å²) < 4.78 is 53.3. The van der Waals surface area contributed by atoms with E-state index in [2.05, 4.69) is 15.1 Å². The highest BCUT2D eigenvalue weighted by molar-refractivity contribution is 5.82. The highest BCUT2D eigenvalue weighted by Crippen LogP contribution is 2.40. The Morgan fingerprint density at radius 1 is 1.03 bits per heavy atom. The summed E-state index contributed by atoms with van der Waals surface area (Å²) in [6.45, 7) is 2.54. The summed E-state index contributed by atoms with van der Waals surface area (Å²) in [5, 5.41) is 2.95. The minimum atomic E-state index is -4.42. The summed E-state index contributed by atoms with van der Waals surface area (Å²) in [6.07, 6.45) is 0.626. The molecule has 34 heavy (non-hydrogen) atoms. The number of amides is 1. The van der Waals surface area contributed by atoms with Gasteiger partial charge in [0.15, 0.2) is 0 Å². The Labute approximate surface area is 196 Å². The molecular weight excluding hydrogens is 446 g/mol. The van der Waals surface area contributed by atoms with Gasteiger partial charge in [-0.15, -0.1) is 0 Å². The van der Waals surface area contributed by atoms with Crippen molar-refractivity contribution in [3.63, 3.8) is 0 Å². The Morgan fingerprint density at radius 3 is 2.47 bits per heavy atom. The summed E-state index contributed by atoms with van der Waals surface area (Å²) in [5.41, 5.74) is 1.48.